The summed E-state index contributed by atoms with van der Waals surface area (Å²) in [4.78, 5) is 0. The van der Waals surface area contributed by atoms with Crippen LogP contribution in [0.3, 0.4) is 0 Å². The summed E-state index contributed by atoms with van der Waals surface area (Å²) in [7, 11) is 0. The van der Waals surface area contributed by atoms with E-state index in [0.717, 1.165) is 10.1 Å². The SMILES string of the molecule is c1cc(Sc2ccnnn2)nnn1. The predicted octanol–water partition coefficient (Wildman–Crippen LogP) is 0.208. The molecule has 0 aromatic carbocycles. The first-order valence-corrected chi connectivity index (χ1v) is 4.23. The molecule has 0 N–H and O–H groups in total. The fourth-order valence-corrected chi connectivity index (χ4v) is 1.30. The van der Waals surface area contributed by atoms with Gasteiger partial charge >= 0.3 is 0 Å². The van der Waals surface area contributed by atoms with Gasteiger partial charge in [-0.05, 0) is 34.3 Å². The van der Waals surface area contributed by atoms with Crippen LogP contribution in [0.2, 0.25) is 0 Å². The summed E-state index contributed by atoms with van der Waals surface area (Å²) in [5.74, 6) is 0. The molecule has 0 unspecified atom stereocenters. The van der Waals surface area contributed by atoms with E-state index in [1.54, 1.807) is 24.5 Å². The molecule has 7 heteroatoms. The molecular weight excluding hydrogens is 188 g/mol. The van der Waals surface area contributed by atoms with Crippen molar-refractivity contribution in [2.75, 3.05) is 0 Å². The summed E-state index contributed by atoms with van der Waals surface area (Å²) in [6.45, 7) is 0. The van der Waals surface area contributed by atoms with Crippen LogP contribution in [0.15, 0.2) is 34.6 Å². The molecule has 0 aliphatic heterocycles. The second-order valence-electron chi connectivity index (χ2n) is 2.02. The van der Waals surface area contributed by atoms with E-state index >= 15 is 0 Å². The number of hydrogen-bond acceptors (Lipinski definition) is 7. The van der Waals surface area contributed by atoms with Gasteiger partial charge in [0, 0.05) is 0 Å². The van der Waals surface area contributed by atoms with Gasteiger partial charge in [0.05, 0.1) is 12.4 Å². The van der Waals surface area contributed by atoms with Gasteiger partial charge in [0.15, 0.2) is 0 Å². The van der Waals surface area contributed by atoms with Crippen LogP contribution in [0, 0.1) is 0 Å². The number of nitrogens with zero attached hydrogens (tertiary/aromatic N) is 6. The average molecular weight is 192 g/mol. The number of rotatable bonds is 2. The van der Waals surface area contributed by atoms with E-state index in [9.17, 15) is 0 Å². The minimum absolute atomic E-state index is 0.732. The Labute approximate surface area is 77.8 Å². The molecule has 6 nitrogen and oxygen atoms in total. The third kappa shape index (κ3) is 2.15. The van der Waals surface area contributed by atoms with Crippen LogP contribution >= 0.6 is 11.8 Å². The summed E-state index contributed by atoms with van der Waals surface area (Å²) in [6, 6.07) is 3.50. The maximum absolute atomic E-state index is 3.79. The normalized spacial score (nSPS) is 9.85. The van der Waals surface area contributed by atoms with Crippen molar-refractivity contribution in [3.8, 4) is 0 Å². The monoisotopic (exact) mass is 192 g/mol. The molecule has 0 aliphatic carbocycles. The van der Waals surface area contributed by atoms with Gasteiger partial charge in [0.1, 0.15) is 10.1 Å². The molecule has 2 rings (SSSR count). The van der Waals surface area contributed by atoms with Gasteiger partial charge in [-0.1, -0.05) is 0 Å². The first kappa shape index (κ1) is 7.99. The zero-order valence-corrected chi connectivity index (χ0v) is 7.22. The van der Waals surface area contributed by atoms with Gasteiger partial charge in [-0.15, -0.1) is 20.4 Å². The topological polar surface area (TPSA) is 77.3 Å². The summed E-state index contributed by atoms with van der Waals surface area (Å²) in [5, 5.41) is 23.2. The van der Waals surface area contributed by atoms with E-state index in [0.29, 0.717) is 0 Å². The van der Waals surface area contributed by atoms with Gasteiger partial charge in [-0.3, -0.25) is 0 Å². The second kappa shape index (κ2) is 3.85. The van der Waals surface area contributed by atoms with E-state index in [1.807, 2.05) is 0 Å². The average Bonchev–Trinajstić information content (AvgIpc) is 2.21. The van der Waals surface area contributed by atoms with E-state index < -0.39 is 0 Å². The van der Waals surface area contributed by atoms with Crippen molar-refractivity contribution in [3.05, 3.63) is 24.5 Å². The molecule has 13 heavy (non-hydrogen) atoms. The summed E-state index contributed by atoms with van der Waals surface area (Å²) < 4.78 is 0. The fourth-order valence-electron chi connectivity index (χ4n) is 0.676. The molecule has 0 atom stereocenters. The molecule has 0 saturated carbocycles. The molecule has 0 fully saturated rings. The van der Waals surface area contributed by atoms with E-state index in [2.05, 4.69) is 30.8 Å². The predicted molar refractivity (Wildman–Crippen MR) is 43.8 cm³/mol. The maximum atomic E-state index is 3.79. The van der Waals surface area contributed by atoms with Crippen molar-refractivity contribution in [1.29, 1.82) is 0 Å². The molecule has 2 heterocycles. The van der Waals surface area contributed by atoms with Crippen LogP contribution in [0.4, 0.5) is 0 Å². The third-order valence-corrected chi connectivity index (χ3v) is 2.02. The number of aromatic nitrogens is 6. The smallest absolute Gasteiger partial charge is 0.128 e. The van der Waals surface area contributed by atoms with Crippen LogP contribution < -0.4 is 0 Å². The minimum Gasteiger partial charge on any atom is -0.139 e. The molecule has 0 bridgehead atoms. The van der Waals surface area contributed by atoms with E-state index in [4.69, 9.17) is 0 Å². The Morgan fingerprint density at radius 3 is 1.77 bits per heavy atom. The van der Waals surface area contributed by atoms with Crippen molar-refractivity contribution in [3.63, 3.8) is 0 Å². The largest absolute Gasteiger partial charge is 0.139 e. The molecular formula is C6H4N6S. The highest BCUT2D eigenvalue weighted by Gasteiger charge is 1.99. The van der Waals surface area contributed by atoms with Gasteiger partial charge in [0.2, 0.25) is 0 Å². The Balaban J connectivity index is 2.16. The Kier molecular flexibility index (Phi) is 2.37. The standard InChI is InChI=1S/C6H4N6S/c1-3-7-11-9-5(1)13-6-2-4-8-12-10-6/h1-4H. The fraction of sp³-hybridized carbons (Fsp3) is 0. The molecule has 0 amide bonds. The molecule has 0 radical (unpaired) electrons. The highest BCUT2D eigenvalue weighted by atomic mass is 32.2. The van der Waals surface area contributed by atoms with Crippen LogP contribution in [-0.2, 0) is 0 Å². The first-order valence-electron chi connectivity index (χ1n) is 3.42. The van der Waals surface area contributed by atoms with Gasteiger partial charge < -0.3 is 0 Å². The van der Waals surface area contributed by atoms with Crippen LogP contribution in [0.5, 0.6) is 0 Å². The Hall–Kier alpha value is -1.63. The highest BCUT2D eigenvalue weighted by molar-refractivity contribution is 7.99. The Morgan fingerprint density at radius 1 is 0.846 bits per heavy atom. The lowest BCUT2D eigenvalue weighted by Crippen LogP contribution is -1.90. The summed E-state index contributed by atoms with van der Waals surface area (Å²) in [6.07, 6.45) is 3.15. The summed E-state index contributed by atoms with van der Waals surface area (Å²) in [5.41, 5.74) is 0. The van der Waals surface area contributed by atoms with Gasteiger partial charge in [0.25, 0.3) is 0 Å². The van der Waals surface area contributed by atoms with Crippen LogP contribution in [0.1, 0.15) is 0 Å². The van der Waals surface area contributed by atoms with Crippen molar-refractivity contribution in [2.45, 2.75) is 10.1 Å². The summed E-state index contributed by atoms with van der Waals surface area (Å²) >= 11 is 1.36. The molecule has 0 aliphatic rings. The highest BCUT2D eigenvalue weighted by Crippen LogP contribution is 2.20. The van der Waals surface area contributed by atoms with Gasteiger partial charge in [-0.25, -0.2) is 0 Å². The van der Waals surface area contributed by atoms with E-state index in [1.165, 1.54) is 11.8 Å². The molecule has 2 aromatic rings. The molecule has 64 valence electrons. The molecule has 0 spiro atoms. The van der Waals surface area contributed by atoms with Crippen molar-refractivity contribution < 1.29 is 0 Å². The second-order valence-corrected chi connectivity index (χ2v) is 3.06. The first-order chi connectivity index (χ1) is 6.45. The van der Waals surface area contributed by atoms with Gasteiger partial charge in [-0.2, -0.15) is 0 Å². The zero-order chi connectivity index (χ0) is 8.93. The van der Waals surface area contributed by atoms with Crippen molar-refractivity contribution in [1.82, 2.24) is 30.8 Å². The van der Waals surface area contributed by atoms with E-state index in [-0.39, 0.29) is 0 Å². The van der Waals surface area contributed by atoms with Crippen molar-refractivity contribution in [2.24, 2.45) is 0 Å². The van der Waals surface area contributed by atoms with Crippen molar-refractivity contribution >= 4 is 11.8 Å². The number of hydrogen-bond donors (Lipinski definition) is 0. The zero-order valence-electron chi connectivity index (χ0n) is 6.40. The molecule has 0 saturated heterocycles. The quantitative estimate of drug-likeness (QED) is 0.672. The Morgan fingerprint density at radius 2 is 1.38 bits per heavy atom. The maximum Gasteiger partial charge on any atom is 0.128 e. The van der Waals surface area contributed by atoms with Crippen LogP contribution in [0.25, 0.3) is 0 Å². The lowest BCUT2D eigenvalue weighted by molar-refractivity contribution is 0.788. The minimum atomic E-state index is 0.732. The lowest BCUT2D eigenvalue weighted by atomic mass is 10.7. The third-order valence-electron chi connectivity index (χ3n) is 1.17. The lowest BCUT2D eigenvalue weighted by Gasteiger charge is -1.94. The Bertz CT molecular complexity index is 328. The van der Waals surface area contributed by atoms with Crippen LogP contribution in [-0.4, -0.2) is 30.8 Å². The molecule has 2 aromatic heterocycles.